The quantitative estimate of drug-likeness (QED) is 0.609. The van der Waals surface area contributed by atoms with E-state index in [9.17, 15) is 9.18 Å². The first-order chi connectivity index (χ1) is 6.68. The van der Waals surface area contributed by atoms with Gasteiger partial charge < -0.3 is 16.4 Å². The van der Waals surface area contributed by atoms with E-state index >= 15 is 0 Å². The highest BCUT2D eigenvalue weighted by atomic mass is 19.1. The van der Waals surface area contributed by atoms with Crippen molar-refractivity contribution >= 4 is 11.8 Å². The molecule has 1 aromatic heterocycles. The van der Waals surface area contributed by atoms with E-state index in [2.05, 4.69) is 15.6 Å². The van der Waals surface area contributed by atoms with Gasteiger partial charge >= 0.3 is 6.03 Å². The average Bonchev–Trinajstić information content (AvgIpc) is 2.15. The van der Waals surface area contributed by atoms with E-state index in [0.29, 0.717) is 18.9 Å². The summed E-state index contributed by atoms with van der Waals surface area (Å²) < 4.78 is 12.4. The highest BCUT2D eigenvalue weighted by molar-refractivity contribution is 5.71. The number of anilines is 1. The molecule has 76 valence electrons. The van der Waals surface area contributed by atoms with E-state index in [1.807, 2.05) is 0 Å². The van der Waals surface area contributed by atoms with Crippen LogP contribution in [0.25, 0.3) is 0 Å². The Labute approximate surface area is 80.5 Å². The number of amides is 2. The number of rotatable bonds is 4. The van der Waals surface area contributed by atoms with Gasteiger partial charge in [0.25, 0.3) is 0 Å². The summed E-state index contributed by atoms with van der Waals surface area (Å²) in [7, 11) is 0. The minimum atomic E-state index is -0.570. The zero-order chi connectivity index (χ0) is 10.4. The van der Waals surface area contributed by atoms with Crippen LogP contribution in [0, 0.1) is 5.82 Å². The first-order valence-electron chi connectivity index (χ1n) is 4.07. The van der Waals surface area contributed by atoms with Crippen molar-refractivity contribution in [3.05, 3.63) is 24.1 Å². The molecule has 0 saturated heterocycles. The maximum Gasteiger partial charge on any atom is 0.312 e. The molecule has 0 aliphatic carbocycles. The first kappa shape index (κ1) is 10.2. The number of pyridine rings is 1. The Hall–Kier alpha value is -1.85. The van der Waals surface area contributed by atoms with Crippen LogP contribution in [-0.4, -0.2) is 24.1 Å². The molecule has 1 heterocycles. The minimum absolute atomic E-state index is 0.384. The van der Waals surface area contributed by atoms with Crippen LogP contribution in [0.3, 0.4) is 0 Å². The van der Waals surface area contributed by atoms with E-state index in [1.165, 1.54) is 12.1 Å². The van der Waals surface area contributed by atoms with Gasteiger partial charge in [-0.25, -0.2) is 14.2 Å². The molecular formula is C8H11FN4O. The number of nitrogens with one attached hydrogen (secondary N) is 2. The Kier molecular flexibility index (Phi) is 3.66. The number of aromatic nitrogens is 1. The molecule has 0 spiro atoms. The third kappa shape index (κ3) is 3.70. The average molecular weight is 198 g/mol. The summed E-state index contributed by atoms with van der Waals surface area (Å²) in [6.45, 7) is 0.885. The van der Waals surface area contributed by atoms with Crippen molar-refractivity contribution in [2.24, 2.45) is 5.73 Å². The molecule has 0 aliphatic heterocycles. The lowest BCUT2D eigenvalue weighted by Gasteiger charge is -2.04. The third-order valence-corrected chi connectivity index (χ3v) is 1.46. The van der Waals surface area contributed by atoms with E-state index in [1.54, 1.807) is 0 Å². The molecule has 14 heavy (non-hydrogen) atoms. The molecule has 0 fully saturated rings. The Bertz CT molecular complexity index is 301. The molecule has 0 aliphatic rings. The van der Waals surface area contributed by atoms with Crippen LogP contribution >= 0.6 is 0 Å². The lowest BCUT2D eigenvalue weighted by atomic mass is 10.4. The molecule has 0 saturated carbocycles. The SMILES string of the molecule is NC(=O)NCCNc1ccc(F)cn1. The summed E-state index contributed by atoms with van der Waals surface area (Å²) in [6.07, 6.45) is 1.11. The predicted molar refractivity (Wildman–Crippen MR) is 50.3 cm³/mol. The molecule has 6 heteroatoms. The van der Waals surface area contributed by atoms with Crippen LogP contribution in [0.1, 0.15) is 0 Å². The molecule has 5 nitrogen and oxygen atoms in total. The first-order valence-corrected chi connectivity index (χ1v) is 4.07. The molecule has 0 radical (unpaired) electrons. The van der Waals surface area contributed by atoms with Crippen LogP contribution in [0.5, 0.6) is 0 Å². The van der Waals surface area contributed by atoms with E-state index < -0.39 is 6.03 Å². The van der Waals surface area contributed by atoms with E-state index in [0.717, 1.165) is 6.20 Å². The lowest BCUT2D eigenvalue weighted by molar-refractivity contribution is 0.249. The Morgan fingerprint density at radius 2 is 2.29 bits per heavy atom. The fourth-order valence-electron chi connectivity index (χ4n) is 0.857. The zero-order valence-corrected chi connectivity index (χ0v) is 7.46. The summed E-state index contributed by atoms with van der Waals surface area (Å²) >= 11 is 0. The summed E-state index contributed by atoms with van der Waals surface area (Å²) in [5.74, 6) is 0.170. The molecule has 1 aromatic rings. The van der Waals surface area contributed by atoms with Crippen LogP contribution < -0.4 is 16.4 Å². The second kappa shape index (κ2) is 5.00. The molecule has 0 unspecified atom stereocenters. The highest BCUT2D eigenvalue weighted by Gasteiger charge is 1.94. The van der Waals surface area contributed by atoms with Crippen molar-refractivity contribution in [1.82, 2.24) is 10.3 Å². The van der Waals surface area contributed by atoms with Gasteiger partial charge in [-0.1, -0.05) is 0 Å². The fraction of sp³-hybridized carbons (Fsp3) is 0.250. The monoisotopic (exact) mass is 198 g/mol. The standard InChI is InChI=1S/C8H11FN4O/c9-6-1-2-7(13-5-6)11-3-4-12-8(10)14/h1-2,5H,3-4H2,(H,11,13)(H3,10,12,14). The fourth-order valence-corrected chi connectivity index (χ4v) is 0.857. The summed E-state index contributed by atoms with van der Waals surface area (Å²) in [4.78, 5) is 14.0. The number of hydrogen-bond acceptors (Lipinski definition) is 3. The number of carbonyl (C=O) groups excluding carboxylic acids is 1. The van der Waals surface area contributed by atoms with Crippen LogP contribution in [0.4, 0.5) is 15.0 Å². The molecule has 1 rings (SSSR count). The van der Waals surface area contributed by atoms with Crippen molar-refractivity contribution < 1.29 is 9.18 Å². The normalized spacial score (nSPS) is 9.50. The Morgan fingerprint density at radius 3 is 2.86 bits per heavy atom. The number of urea groups is 1. The molecular weight excluding hydrogens is 187 g/mol. The number of primary amides is 1. The maximum atomic E-state index is 12.4. The van der Waals surface area contributed by atoms with Gasteiger partial charge in [0, 0.05) is 13.1 Å². The van der Waals surface area contributed by atoms with Crippen molar-refractivity contribution in [2.45, 2.75) is 0 Å². The van der Waals surface area contributed by atoms with E-state index in [4.69, 9.17) is 5.73 Å². The van der Waals surface area contributed by atoms with Crippen LogP contribution in [0.15, 0.2) is 18.3 Å². The van der Waals surface area contributed by atoms with Gasteiger partial charge in [-0.15, -0.1) is 0 Å². The Morgan fingerprint density at radius 1 is 1.50 bits per heavy atom. The number of nitrogens with zero attached hydrogens (tertiary/aromatic N) is 1. The highest BCUT2D eigenvalue weighted by Crippen LogP contribution is 2.01. The molecule has 0 atom stereocenters. The number of hydrogen-bond donors (Lipinski definition) is 3. The van der Waals surface area contributed by atoms with Gasteiger partial charge in [0.1, 0.15) is 11.6 Å². The maximum absolute atomic E-state index is 12.4. The van der Waals surface area contributed by atoms with Gasteiger partial charge in [0.05, 0.1) is 6.20 Å². The predicted octanol–water partition coefficient (Wildman–Crippen LogP) is 0.301. The molecule has 0 aromatic carbocycles. The van der Waals surface area contributed by atoms with Crippen molar-refractivity contribution in [1.29, 1.82) is 0 Å². The second-order valence-electron chi connectivity index (χ2n) is 2.58. The van der Waals surface area contributed by atoms with Gasteiger partial charge in [0.2, 0.25) is 0 Å². The van der Waals surface area contributed by atoms with Crippen molar-refractivity contribution in [3.8, 4) is 0 Å². The largest absolute Gasteiger partial charge is 0.368 e. The van der Waals surface area contributed by atoms with Crippen LogP contribution in [0.2, 0.25) is 0 Å². The molecule has 4 N–H and O–H groups in total. The van der Waals surface area contributed by atoms with E-state index in [-0.39, 0.29) is 5.82 Å². The Balaban J connectivity index is 2.25. The third-order valence-electron chi connectivity index (χ3n) is 1.46. The molecule has 2 amide bonds. The van der Waals surface area contributed by atoms with Gasteiger partial charge in [0.15, 0.2) is 0 Å². The number of carbonyl (C=O) groups is 1. The van der Waals surface area contributed by atoms with Crippen molar-refractivity contribution in [2.75, 3.05) is 18.4 Å². The lowest BCUT2D eigenvalue weighted by Crippen LogP contribution is -2.33. The minimum Gasteiger partial charge on any atom is -0.368 e. The number of nitrogens with two attached hydrogens (primary N) is 1. The smallest absolute Gasteiger partial charge is 0.312 e. The van der Waals surface area contributed by atoms with Gasteiger partial charge in [-0.3, -0.25) is 0 Å². The zero-order valence-electron chi connectivity index (χ0n) is 7.46. The summed E-state index contributed by atoms with van der Waals surface area (Å²) in [5, 5.41) is 5.28. The topological polar surface area (TPSA) is 80.0 Å². The molecule has 0 bridgehead atoms. The van der Waals surface area contributed by atoms with Gasteiger partial charge in [-0.05, 0) is 12.1 Å². The number of halogens is 1. The van der Waals surface area contributed by atoms with Gasteiger partial charge in [-0.2, -0.15) is 0 Å². The summed E-state index contributed by atoms with van der Waals surface area (Å²) in [5.41, 5.74) is 4.85. The second-order valence-corrected chi connectivity index (χ2v) is 2.58. The van der Waals surface area contributed by atoms with Crippen LogP contribution in [-0.2, 0) is 0 Å². The van der Waals surface area contributed by atoms with Crippen molar-refractivity contribution in [3.63, 3.8) is 0 Å². The summed E-state index contributed by atoms with van der Waals surface area (Å²) in [6, 6.07) is 2.25.